The summed E-state index contributed by atoms with van der Waals surface area (Å²) in [5.74, 6) is -0.153. The zero-order chi connectivity index (χ0) is 14.1. The van der Waals surface area contributed by atoms with E-state index in [2.05, 4.69) is 26.0 Å². The van der Waals surface area contributed by atoms with E-state index in [1.54, 1.807) is 25.2 Å². The summed E-state index contributed by atoms with van der Waals surface area (Å²) in [6.45, 7) is 0. The number of aromatic nitrogens is 4. The van der Waals surface area contributed by atoms with Crippen molar-refractivity contribution in [2.24, 2.45) is 7.05 Å². The van der Waals surface area contributed by atoms with Gasteiger partial charge in [-0.05, 0) is 35.4 Å². The molecule has 0 atom stereocenters. The van der Waals surface area contributed by atoms with Gasteiger partial charge in [0.25, 0.3) is 11.9 Å². The Morgan fingerprint density at radius 1 is 1.40 bits per heavy atom. The molecule has 20 heavy (non-hydrogen) atoms. The predicted molar refractivity (Wildman–Crippen MR) is 70.1 cm³/mol. The van der Waals surface area contributed by atoms with Crippen LogP contribution in [0.1, 0.15) is 22.3 Å². The number of carbonyl (C=O) groups excluding carboxylic acids is 2. The van der Waals surface area contributed by atoms with E-state index >= 15 is 0 Å². The molecular weight excluding hydrogens is 260 g/mol. The van der Waals surface area contributed by atoms with Crippen LogP contribution < -0.4 is 10.6 Å². The molecule has 3 rings (SSSR count). The maximum Gasteiger partial charge on any atom is 0.270 e. The van der Waals surface area contributed by atoms with Crippen molar-refractivity contribution < 1.29 is 9.59 Å². The fourth-order valence-corrected chi connectivity index (χ4v) is 2.03. The fraction of sp³-hybridized carbons (Fsp3) is 0.250. The summed E-state index contributed by atoms with van der Waals surface area (Å²) in [6.07, 6.45) is 1.06. The molecule has 0 saturated heterocycles. The molecule has 2 aromatic rings. The fourth-order valence-electron chi connectivity index (χ4n) is 2.03. The number of amides is 2. The Morgan fingerprint density at radius 3 is 3.00 bits per heavy atom. The topological polar surface area (TPSA) is 102 Å². The number of hydrogen-bond donors (Lipinski definition) is 2. The molecule has 0 radical (unpaired) electrons. The Morgan fingerprint density at radius 2 is 2.25 bits per heavy atom. The van der Waals surface area contributed by atoms with Gasteiger partial charge in [0.05, 0.1) is 7.05 Å². The third kappa shape index (κ3) is 2.35. The number of nitrogens with zero attached hydrogens (tertiary/aromatic N) is 4. The third-order valence-electron chi connectivity index (χ3n) is 3.00. The van der Waals surface area contributed by atoms with E-state index in [4.69, 9.17) is 0 Å². The van der Waals surface area contributed by atoms with Crippen molar-refractivity contribution >= 4 is 23.5 Å². The molecule has 8 heteroatoms. The molecule has 0 saturated carbocycles. The summed E-state index contributed by atoms with van der Waals surface area (Å²) in [5, 5.41) is 16.5. The molecule has 0 aliphatic carbocycles. The summed E-state index contributed by atoms with van der Waals surface area (Å²) in [4.78, 5) is 24.6. The van der Waals surface area contributed by atoms with Crippen LogP contribution in [0, 0.1) is 0 Å². The Bertz CT molecular complexity index is 693. The minimum atomic E-state index is -0.308. The van der Waals surface area contributed by atoms with E-state index in [0.29, 0.717) is 18.4 Å². The third-order valence-corrected chi connectivity index (χ3v) is 3.00. The van der Waals surface area contributed by atoms with Crippen LogP contribution in [0.4, 0.5) is 11.6 Å². The van der Waals surface area contributed by atoms with Crippen molar-refractivity contribution in [3.8, 4) is 0 Å². The van der Waals surface area contributed by atoms with Gasteiger partial charge < -0.3 is 5.32 Å². The summed E-state index contributed by atoms with van der Waals surface area (Å²) < 4.78 is 0. The lowest BCUT2D eigenvalue weighted by molar-refractivity contribution is -0.116. The van der Waals surface area contributed by atoms with Crippen LogP contribution in [0.3, 0.4) is 0 Å². The number of tetrazole rings is 1. The number of rotatable bonds is 2. The SMILES string of the molecule is Cn1nnc(NC(=O)c2ccc3c(c2)CCC(=O)N3)n1. The van der Waals surface area contributed by atoms with Gasteiger partial charge in [0.15, 0.2) is 0 Å². The average Bonchev–Trinajstić information content (AvgIpc) is 2.83. The first kappa shape index (κ1) is 12.3. The molecule has 0 spiro atoms. The van der Waals surface area contributed by atoms with Crippen LogP contribution in [-0.4, -0.2) is 32.0 Å². The van der Waals surface area contributed by atoms with Crippen LogP contribution in [0.2, 0.25) is 0 Å². The minimum Gasteiger partial charge on any atom is -0.326 e. The number of fused-ring (bicyclic) bond motifs is 1. The van der Waals surface area contributed by atoms with Gasteiger partial charge in [-0.3, -0.25) is 14.9 Å². The van der Waals surface area contributed by atoms with Crippen LogP contribution >= 0.6 is 0 Å². The molecule has 0 unspecified atom stereocenters. The second kappa shape index (κ2) is 4.72. The number of nitrogens with one attached hydrogen (secondary N) is 2. The highest BCUT2D eigenvalue weighted by Crippen LogP contribution is 2.23. The molecule has 1 aliphatic rings. The first-order chi connectivity index (χ1) is 9.61. The van der Waals surface area contributed by atoms with E-state index in [1.165, 1.54) is 4.80 Å². The second-order valence-electron chi connectivity index (χ2n) is 4.48. The lowest BCUT2D eigenvalue weighted by Crippen LogP contribution is -2.20. The number of aryl methyl sites for hydroxylation is 2. The van der Waals surface area contributed by atoms with Gasteiger partial charge in [0.1, 0.15) is 0 Å². The van der Waals surface area contributed by atoms with E-state index in [-0.39, 0.29) is 17.8 Å². The summed E-state index contributed by atoms with van der Waals surface area (Å²) in [6, 6.07) is 5.14. The van der Waals surface area contributed by atoms with Crippen LogP contribution in [0.15, 0.2) is 18.2 Å². The monoisotopic (exact) mass is 272 g/mol. The summed E-state index contributed by atoms with van der Waals surface area (Å²) in [7, 11) is 1.62. The molecule has 0 fully saturated rings. The van der Waals surface area contributed by atoms with Crippen molar-refractivity contribution in [3.63, 3.8) is 0 Å². The van der Waals surface area contributed by atoms with Crippen molar-refractivity contribution in [2.75, 3.05) is 10.6 Å². The van der Waals surface area contributed by atoms with Gasteiger partial charge in [-0.1, -0.05) is 5.10 Å². The summed E-state index contributed by atoms with van der Waals surface area (Å²) in [5.41, 5.74) is 2.20. The zero-order valence-electron chi connectivity index (χ0n) is 10.8. The van der Waals surface area contributed by atoms with Gasteiger partial charge in [0, 0.05) is 17.7 Å². The minimum absolute atomic E-state index is 0.00142. The normalized spacial score (nSPS) is 13.6. The molecule has 1 aliphatic heterocycles. The van der Waals surface area contributed by atoms with E-state index in [9.17, 15) is 9.59 Å². The van der Waals surface area contributed by atoms with Gasteiger partial charge in [-0.25, -0.2) is 0 Å². The largest absolute Gasteiger partial charge is 0.326 e. The van der Waals surface area contributed by atoms with Crippen molar-refractivity contribution in [1.29, 1.82) is 0 Å². The lowest BCUT2D eigenvalue weighted by Gasteiger charge is -2.17. The molecular formula is C12H12N6O2. The van der Waals surface area contributed by atoms with Crippen molar-refractivity contribution in [1.82, 2.24) is 20.2 Å². The highest BCUT2D eigenvalue weighted by Gasteiger charge is 2.17. The molecule has 8 nitrogen and oxygen atoms in total. The van der Waals surface area contributed by atoms with Crippen LogP contribution in [0.25, 0.3) is 0 Å². The van der Waals surface area contributed by atoms with Crippen LogP contribution in [0.5, 0.6) is 0 Å². The highest BCUT2D eigenvalue weighted by atomic mass is 16.2. The van der Waals surface area contributed by atoms with E-state index in [0.717, 1.165) is 11.3 Å². The Kier molecular flexibility index (Phi) is 2.90. The smallest absolute Gasteiger partial charge is 0.270 e. The van der Waals surface area contributed by atoms with Gasteiger partial charge in [-0.15, -0.1) is 5.10 Å². The van der Waals surface area contributed by atoms with Crippen molar-refractivity contribution in [2.45, 2.75) is 12.8 Å². The molecule has 2 N–H and O–H groups in total. The number of hydrogen-bond acceptors (Lipinski definition) is 5. The summed E-state index contributed by atoms with van der Waals surface area (Å²) >= 11 is 0. The Labute approximate surface area is 114 Å². The molecule has 1 aromatic carbocycles. The first-order valence-corrected chi connectivity index (χ1v) is 6.10. The highest BCUT2D eigenvalue weighted by molar-refractivity contribution is 6.04. The molecule has 102 valence electrons. The maximum absolute atomic E-state index is 12.1. The predicted octanol–water partition coefficient (Wildman–Crippen LogP) is 0.347. The molecule has 2 amide bonds. The molecule has 2 heterocycles. The molecule has 1 aromatic heterocycles. The van der Waals surface area contributed by atoms with Crippen molar-refractivity contribution in [3.05, 3.63) is 29.3 Å². The van der Waals surface area contributed by atoms with E-state index < -0.39 is 0 Å². The molecule has 0 bridgehead atoms. The van der Waals surface area contributed by atoms with Gasteiger partial charge in [0.2, 0.25) is 5.91 Å². The Hall–Kier alpha value is -2.77. The number of benzene rings is 1. The lowest BCUT2D eigenvalue weighted by atomic mass is 10.0. The maximum atomic E-state index is 12.1. The second-order valence-corrected chi connectivity index (χ2v) is 4.48. The average molecular weight is 272 g/mol. The number of anilines is 2. The standard InChI is InChI=1S/C12H12N6O2/c1-18-16-12(15-17-18)14-11(20)8-2-4-9-7(6-8)3-5-10(19)13-9/h2,4,6H,3,5H2,1H3,(H,13,19)(H,14,16,20). The first-order valence-electron chi connectivity index (χ1n) is 6.10. The van der Waals surface area contributed by atoms with Crippen LogP contribution in [-0.2, 0) is 18.3 Å². The quantitative estimate of drug-likeness (QED) is 0.821. The van der Waals surface area contributed by atoms with E-state index in [1.807, 2.05) is 0 Å². The zero-order valence-corrected chi connectivity index (χ0v) is 10.8. The number of carbonyl (C=O) groups is 2. The van der Waals surface area contributed by atoms with Gasteiger partial charge >= 0.3 is 0 Å². The Balaban J connectivity index is 1.80. The van der Waals surface area contributed by atoms with Gasteiger partial charge in [-0.2, -0.15) is 4.80 Å².